The lowest BCUT2D eigenvalue weighted by Gasteiger charge is -2.21. The lowest BCUT2D eigenvalue weighted by atomic mass is 10.2. The van der Waals surface area contributed by atoms with Crippen LogP contribution in [0.1, 0.15) is 41.5 Å². The second-order valence-corrected chi connectivity index (χ2v) is 6.41. The summed E-state index contributed by atoms with van der Waals surface area (Å²) in [5, 5.41) is 6.80. The molecule has 3 rings (SSSR count). The summed E-state index contributed by atoms with van der Waals surface area (Å²) in [5.74, 6) is 0.547. The zero-order chi connectivity index (χ0) is 17.1. The minimum absolute atomic E-state index is 0.0579. The first-order valence-electron chi connectivity index (χ1n) is 7.85. The second-order valence-electron chi connectivity index (χ2n) is 5.63. The van der Waals surface area contributed by atoms with Gasteiger partial charge in [-0.1, -0.05) is 13.3 Å². The van der Waals surface area contributed by atoms with E-state index in [0.29, 0.717) is 18.9 Å². The van der Waals surface area contributed by atoms with Gasteiger partial charge in [0.15, 0.2) is 0 Å². The van der Waals surface area contributed by atoms with Crippen molar-refractivity contribution in [2.45, 2.75) is 33.2 Å². The fraction of sp³-hybridized carbons (Fsp3) is 0.375. The number of carbonyl (C=O) groups is 1. The number of hydrogen-bond donors (Lipinski definition) is 1. The van der Waals surface area contributed by atoms with Gasteiger partial charge < -0.3 is 4.90 Å². The summed E-state index contributed by atoms with van der Waals surface area (Å²) in [4.78, 5) is 35.4. The smallest absolute Gasteiger partial charge is 0.286 e. The number of nitrogens with one attached hydrogen (secondary N) is 1. The lowest BCUT2D eigenvalue weighted by Crippen LogP contribution is -2.36. The third kappa shape index (κ3) is 3.23. The predicted octanol–water partition coefficient (Wildman–Crippen LogP) is 2.23. The molecule has 8 heteroatoms. The molecule has 0 aliphatic rings. The maximum atomic E-state index is 12.9. The molecule has 7 nitrogen and oxygen atoms in total. The molecule has 3 aromatic heterocycles. The summed E-state index contributed by atoms with van der Waals surface area (Å²) in [6.45, 7) is 4.91. The molecule has 0 unspecified atom stereocenters. The molecule has 0 atom stereocenters. The van der Waals surface area contributed by atoms with Crippen molar-refractivity contribution < 1.29 is 4.79 Å². The van der Waals surface area contributed by atoms with Crippen molar-refractivity contribution in [3.05, 3.63) is 50.3 Å². The van der Waals surface area contributed by atoms with Gasteiger partial charge in [-0.3, -0.25) is 14.7 Å². The maximum Gasteiger partial charge on any atom is 0.286 e. The summed E-state index contributed by atoms with van der Waals surface area (Å²) in [6.07, 6.45) is 3.19. The number of fused-ring (bicyclic) bond motifs is 1. The average Bonchev–Trinajstić information content (AvgIpc) is 3.20. The molecule has 0 saturated heterocycles. The second kappa shape index (κ2) is 6.96. The SMILES string of the molecule is CCCCN(Cc1ccsc1)C(=O)c1cnc2nc(C)[nH]n2c1=O. The Bertz CT molecular complexity index is 897. The van der Waals surface area contributed by atoms with Gasteiger partial charge in [-0.25, -0.2) is 4.98 Å². The quantitative estimate of drug-likeness (QED) is 0.742. The lowest BCUT2D eigenvalue weighted by molar-refractivity contribution is 0.0738. The van der Waals surface area contributed by atoms with Crippen LogP contribution in [0.15, 0.2) is 27.8 Å². The molecule has 0 saturated carbocycles. The van der Waals surface area contributed by atoms with Crippen LogP contribution in [0, 0.1) is 6.92 Å². The number of H-pyrrole nitrogens is 1. The predicted molar refractivity (Wildman–Crippen MR) is 92.3 cm³/mol. The van der Waals surface area contributed by atoms with Crippen LogP contribution in [0.25, 0.3) is 5.78 Å². The number of amides is 1. The number of rotatable bonds is 6. The van der Waals surface area contributed by atoms with E-state index in [9.17, 15) is 9.59 Å². The van der Waals surface area contributed by atoms with Crippen LogP contribution >= 0.6 is 11.3 Å². The van der Waals surface area contributed by atoms with E-state index >= 15 is 0 Å². The summed E-state index contributed by atoms with van der Waals surface area (Å²) < 4.78 is 1.21. The van der Waals surface area contributed by atoms with Gasteiger partial charge in [-0.2, -0.15) is 20.8 Å². The largest absolute Gasteiger partial charge is 0.334 e. The minimum atomic E-state index is -0.419. The van der Waals surface area contributed by atoms with Crippen molar-refractivity contribution in [3.8, 4) is 0 Å². The molecule has 1 amide bonds. The van der Waals surface area contributed by atoms with E-state index in [1.165, 1.54) is 10.7 Å². The van der Waals surface area contributed by atoms with Gasteiger partial charge in [0.2, 0.25) is 0 Å². The van der Waals surface area contributed by atoms with Gasteiger partial charge in [0, 0.05) is 19.3 Å². The van der Waals surface area contributed by atoms with Crippen LogP contribution in [-0.4, -0.2) is 36.9 Å². The van der Waals surface area contributed by atoms with Gasteiger partial charge >= 0.3 is 0 Å². The van der Waals surface area contributed by atoms with Crippen molar-refractivity contribution in [3.63, 3.8) is 0 Å². The van der Waals surface area contributed by atoms with Crippen molar-refractivity contribution in [2.24, 2.45) is 0 Å². The first-order chi connectivity index (χ1) is 11.6. The standard InChI is InChI=1S/C16H19N5O2S/c1-3-4-6-20(9-12-5-7-24-10-12)14(22)13-8-17-16-18-11(2)19-21(16)15(13)23/h5,7-8,10H,3-4,6,9H2,1-2H3,(H,17,18,19). The third-order valence-electron chi connectivity index (χ3n) is 3.74. The molecular weight excluding hydrogens is 326 g/mol. The number of carbonyl (C=O) groups excluding carboxylic acids is 1. The maximum absolute atomic E-state index is 12.9. The Kier molecular flexibility index (Phi) is 4.75. The highest BCUT2D eigenvalue weighted by atomic mass is 32.1. The fourth-order valence-corrected chi connectivity index (χ4v) is 3.14. The summed E-state index contributed by atoms with van der Waals surface area (Å²) >= 11 is 1.59. The molecule has 0 spiro atoms. The highest BCUT2D eigenvalue weighted by Crippen LogP contribution is 2.12. The van der Waals surface area contributed by atoms with Gasteiger partial charge in [-0.05, 0) is 35.7 Å². The number of thiophene rings is 1. The molecule has 1 N–H and O–H groups in total. The van der Waals surface area contributed by atoms with Crippen LogP contribution in [-0.2, 0) is 6.54 Å². The fourth-order valence-electron chi connectivity index (χ4n) is 2.48. The molecule has 0 aliphatic heterocycles. The Morgan fingerprint density at radius 1 is 1.46 bits per heavy atom. The van der Waals surface area contributed by atoms with Crippen molar-refractivity contribution in [1.82, 2.24) is 24.5 Å². The molecule has 24 heavy (non-hydrogen) atoms. The topological polar surface area (TPSA) is 83.4 Å². The Balaban J connectivity index is 1.94. The Labute approximate surface area is 143 Å². The molecule has 0 fully saturated rings. The number of aromatic amines is 1. The zero-order valence-corrected chi connectivity index (χ0v) is 14.5. The Morgan fingerprint density at radius 2 is 2.29 bits per heavy atom. The Hall–Kier alpha value is -2.48. The number of aromatic nitrogens is 4. The third-order valence-corrected chi connectivity index (χ3v) is 4.47. The van der Waals surface area contributed by atoms with Gasteiger partial charge in [-0.15, -0.1) is 0 Å². The first-order valence-corrected chi connectivity index (χ1v) is 8.79. The zero-order valence-electron chi connectivity index (χ0n) is 13.7. The van der Waals surface area contributed by atoms with E-state index < -0.39 is 5.56 Å². The van der Waals surface area contributed by atoms with Gasteiger partial charge in [0.1, 0.15) is 11.4 Å². The van der Waals surface area contributed by atoms with Crippen molar-refractivity contribution >= 4 is 23.0 Å². The van der Waals surface area contributed by atoms with Gasteiger partial charge in [0.25, 0.3) is 17.2 Å². The molecule has 0 radical (unpaired) electrons. The van der Waals surface area contributed by atoms with Crippen LogP contribution in [0.5, 0.6) is 0 Å². The number of hydrogen-bond acceptors (Lipinski definition) is 5. The summed E-state index contributed by atoms with van der Waals surface area (Å²) in [6, 6.07) is 1.99. The van der Waals surface area contributed by atoms with E-state index in [1.54, 1.807) is 23.2 Å². The van der Waals surface area contributed by atoms with Crippen LogP contribution in [0.3, 0.4) is 0 Å². The highest BCUT2D eigenvalue weighted by Gasteiger charge is 2.21. The summed E-state index contributed by atoms with van der Waals surface area (Å²) in [7, 11) is 0. The molecule has 3 aromatic rings. The molecule has 3 heterocycles. The summed E-state index contributed by atoms with van der Waals surface area (Å²) in [5.41, 5.74) is 0.705. The monoisotopic (exact) mass is 345 g/mol. The van der Waals surface area contributed by atoms with Crippen molar-refractivity contribution in [1.29, 1.82) is 0 Å². The van der Waals surface area contributed by atoms with Crippen LogP contribution < -0.4 is 5.56 Å². The van der Waals surface area contributed by atoms with Crippen LogP contribution in [0.2, 0.25) is 0 Å². The number of nitrogens with zero attached hydrogens (tertiary/aromatic N) is 4. The average molecular weight is 345 g/mol. The first kappa shape index (κ1) is 16.4. The van der Waals surface area contributed by atoms with E-state index in [2.05, 4.69) is 22.0 Å². The van der Waals surface area contributed by atoms with E-state index in [1.807, 2.05) is 16.8 Å². The minimum Gasteiger partial charge on any atom is -0.334 e. The van der Waals surface area contributed by atoms with E-state index in [4.69, 9.17) is 0 Å². The number of aryl methyl sites for hydroxylation is 1. The molecule has 0 aliphatic carbocycles. The van der Waals surface area contributed by atoms with Gasteiger partial charge in [0.05, 0.1) is 0 Å². The molecule has 0 bridgehead atoms. The highest BCUT2D eigenvalue weighted by molar-refractivity contribution is 7.07. The Morgan fingerprint density at radius 3 is 3.00 bits per heavy atom. The van der Waals surface area contributed by atoms with E-state index in [0.717, 1.165) is 18.4 Å². The van der Waals surface area contributed by atoms with Crippen LogP contribution in [0.4, 0.5) is 0 Å². The van der Waals surface area contributed by atoms with E-state index in [-0.39, 0.29) is 17.2 Å². The number of unbranched alkanes of at least 4 members (excludes halogenated alkanes) is 1. The van der Waals surface area contributed by atoms with Crippen molar-refractivity contribution in [2.75, 3.05) is 6.54 Å². The molecule has 126 valence electrons. The molecular formula is C16H19N5O2S. The molecule has 0 aromatic carbocycles. The normalized spacial score (nSPS) is 11.1.